The molecule has 266 valence electrons. The molecule has 0 atom stereocenters. The molecule has 0 amide bonds. The third kappa shape index (κ3) is 4.70. The molecule has 0 radical (unpaired) electrons. The fraction of sp³-hybridized carbons (Fsp3) is 0.0192. The Kier molecular flexibility index (Phi) is 6.98. The van der Waals surface area contributed by atoms with Gasteiger partial charge in [0.2, 0.25) is 0 Å². The van der Waals surface area contributed by atoms with E-state index in [2.05, 4.69) is 164 Å². The van der Waals surface area contributed by atoms with Crippen LogP contribution in [0.25, 0.3) is 76.6 Å². The van der Waals surface area contributed by atoms with Gasteiger partial charge in [-0.15, -0.1) is 11.3 Å². The summed E-state index contributed by atoms with van der Waals surface area (Å²) >= 11 is 1.78. The van der Waals surface area contributed by atoms with Crippen molar-refractivity contribution in [3.63, 3.8) is 0 Å². The molecule has 0 saturated carbocycles. The van der Waals surface area contributed by atoms with Crippen LogP contribution >= 0.6 is 11.3 Å². The highest BCUT2D eigenvalue weighted by Gasteiger charge is 2.51. The number of nitrogens with zero attached hydrogens (tertiary/aromatic N) is 3. The zero-order valence-corrected chi connectivity index (χ0v) is 31.4. The minimum atomic E-state index is -0.556. The fourth-order valence-electron chi connectivity index (χ4n) is 9.21. The van der Waals surface area contributed by atoms with Crippen LogP contribution in [-0.4, -0.2) is 15.0 Å². The minimum Gasteiger partial charge on any atom is -0.456 e. The van der Waals surface area contributed by atoms with Gasteiger partial charge in [0.15, 0.2) is 17.5 Å². The lowest BCUT2D eigenvalue weighted by molar-refractivity contribution is 0.442. The SMILES string of the molecule is c1ccc(-c2cccc(-c3nc(-c4ccccc4)nc(-c4cccc5sc6ccc7c(c6c45)Oc4ccccc4C74c5ccccc5-c5ccccc54)n3)c2)cc1. The number of rotatable bonds is 4. The van der Waals surface area contributed by atoms with Crippen molar-refractivity contribution in [2.24, 2.45) is 0 Å². The molecule has 12 rings (SSSR count). The van der Waals surface area contributed by atoms with Gasteiger partial charge in [0.05, 0.1) is 5.41 Å². The Morgan fingerprint density at radius 3 is 1.67 bits per heavy atom. The largest absolute Gasteiger partial charge is 0.456 e. The summed E-state index contributed by atoms with van der Waals surface area (Å²) < 4.78 is 9.46. The van der Waals surface area contributed by atoms with Gasteiger partial charge in [0.25, 0.3) is 0 Å². The zero-order chi connectivity index (χ0) is 37.5. The molecular formula is C52H31N3OS. The van der Waals surface area contributed by atoms with E-state index in [-0.39, 0.29) is 0 Å². The lowest BCUT2D eigenvalue weighted by atomic mass is 9.66. The minimum absolute atomic E-state index is 0.556. The fourth-order valence-corrected chi connectivity index (χ4v) is 10.3. The second kappa shape index (κ2) is 12.4. The van der Waals surface area contributed by atoms with Crippen molar-refractivity contribution in [2.75, 3.05) is 0 Å². The van der Waals surface area contributed by atoms with Gasteiger partial charge in [-0.05, 0) is 57.6 Å². The summed E-state index contributed by atoms with van der Waals surface area (Å²) in [6, 6.07) is 66.4. The van der Waals surface area contributed by atoms with Crippen molar-refractivity contribution < 1.29 is 4.74 Å². The Labute approximate surface area is 333 Å². The topological polar surface area (TPSA) is 47.9 Å². The summed E-state index contributed by atoms with van der Waals surface area (Å²) in [5, 5.41) is 2.16. The highest BCUT2D eigenvalue weighted by atomic mass is 32.1. The molecule has 2 aromatic heterocycles. The third-order valence-electron chi connectivity index (χ3n) is 11.6. The molecule has 1 aliphatic heterocycles. The maximum Gasteiger partial charge on any atom is 0.164 e. The standard InChI is InChI=1S/C52H31N3OS/c1-3-15-32(16-4-1)34-19-13-20-35(31-34)50-53-49(33-17-5-2-6-18-33)54-51(55-50)38-23-14-28-44-46(38)47-45(57-44)30-29-42-48(47)56-43-27-12-11-26-41(43)52(42)39-24-9-7-21-36(39)37-22-8-10-25-40(37)52/h1-31H. The summed E-state index contributed by atoms with van der Waals surface area (Å²) in [5.74, 6) is 3.62. The Hall–Kier alpha value is -7.21. The first-order chi connectivity index (χ1) is 28.3. The Morgan fingerprint density at radius 1 is 0.368 bits per heavy atom. The first-order valence-electron chi connectivity index (χ1n) is 19.2. The summed E-state index contributed by atoms with van der Waals surface area (Å²) in [6.07, 6.45) is 0. The van der Waals surface area contributed by atoms with Gasteiger partial charge in [0, 0.05) is 48.0 Å². The number of ether oxygens (including phenoxy) is 1. The molecule has 57 heavy (non-hydrogen) atoms. The van der Waals surface area contributed by atoms with Crippen molar-refractivity contribution >= 4 is 31.5 Å². The first-order valence-corrected chi connectivity index (χ1v) is 20.0. The molecule has 2 aliphatic rings. The molecule has 1 aliphatic carbocycles. The van der Waals surface area contributed by atoms with E-state index in [9.17, 15) is 0 Å². The van der Waals surface area contributed by atoms with Crippen LogP contribution in [0, 0.1) is 0 Å². The van der Waals surface area contributed by atoms with Crippen LogP contribution in [0.4, 0.5) is 0 Å². The van der Waals surface area contributed by atoms with Crippen molar-refractivity contribution in [3.05, 3.63) is 210 Å². The molecule has 3 heterocycles. The second-order valence-corrected chi connectivity index (χ2v) is 15.7. The summed E-state index contributed by atoms with van der Waals surface area (Å²) in [7, 11) is 0. The van der Waals surface area contributed by atoms with Crippen molar-refractivity contribution in [2.45, 2.75) is 5.41 Å². The van der Waals surface area contributed by atoms with Gasteiger partial charge in [-0.25, -0.2) is 15.0 Å². The van der Waals surface area contributed by atoms with Gasteiger partial charge in [0.1, 0.15) is 11.5 Å². The van der Waals surface area contributed by atoms with Gasteiger partial charge >= 0.3 is 0 Å². The molecule has 0 bridgehead atoms. The number of hydrogen-bond acceptors (Lipinski definition) is 5. The molecule has 0 saturated heterocycles. The van der Waals surface area contributed by atoms with E-state index in [1.54, 1.807) is 11.3 Å². The summed E-state index contributed by atoms with van der Waals surface area (Å²) in [6.45, 7) is 0. The number of fused-ring (bicyclic) bond motifs is 13. The lowest BCUT2D eigenvalue weighted by Crippen LogP contribution is -2.32. The number of thiophene rings is 1. The zero-order valence-electron chi connectivity index (χ0n) is 30.6. The molecule has 0 unspecified atom stereocenters. The highest BCUT2D eigenvalue weighted by molar-refractivity contribution is 7.26. The van der Waals surface area contributed by atoms with E-state index in [0.717, 1.165) is 70.6 Å². The van der Waals surface area contributed by atoms with Gasteiger partial charge in [-0.3, -0.25) is 0 Å². The molecule has 8 aromatic carbocycles. The van der Waals surface area contributed by atoms with Gasteiger partial charge < -0.3 is 4.74 Å². The maximum absolute atomic E-state index is 7.16. The molecule has 10 aromatic rings. The lowest BCUT2D eigenvalue weighted by Gasteiger charge is -2.39. The second-order valence-electron chi connectivity index (χ2n) is 14.7. The molecule has 0 fully saturated rings. The van der Waals surface area contributed by atoms with Crippen LogP contribution in [-0.2, 0) is 5.41 Å². The van der Waals surface area contributed by atoms with Crippen molar-refractivity contribution in [1.82, 2.24) is 15.0 Å². The number of para-hydroxylation sites is 1. The normalized spacial score (nSPS) is 13.2. The van der Waals surface area contributed by atoms with Crippen LogP contribution in [0.15, 0.2) is 188 Å². The van der Waals surface area contributed by atoms with E-state index in [1.807, 2.05) is 24.3 Å². The Bertz CT molecular complexity index is 3180. The van der Waals surface area contributed by atoms with E-state index in [4.69, 9.17) is 19.7 Å². The number of aromatic nitrogens is 3. The van der Waals surface area contributed by atoms with E-state index < -0.39 is 5.41 Å². The number of benzene rings is 8. The van der Waals surface area contributed by atoms with Crippen LogP contribution in [0.5, 0.6) is 11.5 Å². The Morgan fingerprint density at radius 2 is 0.912 bits per heavy atom. The third-order valence-corrected chi connectivity index (χ3v) is 12.7. The first kappa shape index (κ1) is 32.1. The predicted octanol–water partition coefficient (Wildman–Crippen LogP) is 13.4. The average molecular weight is 746 g/mol. The predicted molar refractivity (Wildman–Crippen MR) is 232 cm³/mol. The van der Waals surface area contributed by atoms with Crippen LogP contribution in [0.3, 0.4) is 0 Å². The monoisotopic (exact) mass is 745 g/mol. The molecule has 1 spiro atoms. The van der Waals surface area contributed by atoms with E-state index in [1.165, 1.54) is 22.3 Å². The van der Waals surface area contributed by atoms with Crippen LogP contribution in [0.2, 0.25) is 0 Å². The average Bonchev–Trinajstić information content (AvgIpc) is 3.82. The molecular weight excluding hydrogens is 715 g/mol. The molecule has 0 N–H and O–H groups in total. The van der Waals surface area contributed by atoms with Crippen molar-refractivity contribution in [3.8, 4) is 67.9 Å². The molecule has 5 heteroatoms. The van der Waals surface area contributed by atoms with Crippen LogP contribution < -0.4 is 4.74 Å². The smallest absolute Gasteiger partial charge is 0.164 e. The summed E-state index contributed by atoms with van der Waals surface area (Å²) in [5.41, 5.74) is 11.8. The van der Waals surface area contributed by atoms with Crippen molar-refractivity contribution in [1.29, 1.82) is 0 Å². The number of hydrogen-bond donors (Lipinski definition) is 0. The Balaban J connectivity index is 1.14. The van der Waals surface area contributed by atoms with E-state index >= 15 is 0 Å². The van der Waals surface area contributed by atoms with Crippen LogP contribution in [0.1, 0.15) is 22.3 Å². The maximum atomic E-state index is 7.16. The highest BCUT2D eigenvalue weighted by Crippen LogP contribution is 2.63. The van der Waals surface area contributed by atoms with E-state index in [0.29, 0.717) is 17.5 Å². The van der Waals surface area contributed by atoms with Gasteiger partial charge in [-0.1, -0.05) is 164 Å². The van der Waals surface area contributed by atoms with Gasteiger partial charge in [-0.2, -0.15) is 0 Å². The molecule has 4 nitrogen and oxygen atoms in total. The summed E-state index contributed by atoms with van der Waals surface area (Å²) in [4.78, 5) is 15.6. The quantitative estimate of drug-likeness (QED) is 0.180.